The monoisotopic (exact) mass is 296 g/mol. The number of amides is 1. The van der Waals surface area contributed by atoms with E-state index in [2.05, 4.69) is 15.5 Å². The van der Waals surface area contributed by atoms with Crippen LogP contribution in [0.5, 0.6) is 0 Å². The molecule has 2 rings (SSSR count). The Morgan fingerprint density at radius 3 is 2.62 bits per heavy atom. The Bertz CT molecular complexity index is 595. The Morgan fingerprint density at radius 2 is 2.14 bits per heavy atom. The van der Waals surface area contributed by atoms with E-state index < -0.39 is 10.8 Å². The van der Waals surface area contributed by atoms with Crippen molar-refractivity contribution in [2.75, 3.05) is 7.11 Å². The van der Waals surface area contributed by atoms with Gasteiger partial charge < -0.3 is 10.1 Å². The van der Waals surface area contributed by atoms with Crippen molar-refractivity contribution >= 4 is 11.6 Å². The first-order valence-corrected chi connectivity index (χ1v) is 6.69. The quantitative estimate of drug-likeness (QED) is 0.647. The number of ether oxygens (including phenoxy) is 1. The van der Waals surface area contributed by atoms with E-state index in [0.717, 1.165) is 0 Å². The lowest BCUT2D eigenvalue weighted by atomic mass is 9.56. The van der Waals surface area contributed by atoms with Crippen molar-refractivity contribution in [1.29, 1.82) is 0 Å². The van der Waals surface area contributed by atoms with E-state index in [9.17, 15) is 14.9 Å². The average Bonchev–Trinajstić information content (AvgIpc) is 2.79. The fourth-order valence-electron chi connectivity index (χ4n) is 2.75. The number of rotatable bonds is 4. The second-order valence-corrected chi connectivity index (χ2v) is 6.19. The summed E-state index contributed by atoms with van der Waals surface area (Å²) in [4.78, 5) is 22.6. The van der Waals surface area contributed by atoms with Gasteiger partial charge in [-0.05, 0) is 20.3 Å². The number of nitro groups is 1. The molecule has 0 aromatic carbocycles. The first kappa shape index (κ1) is 15.4. The van der Waals surface area contributed by atoms with Gasteiger partial charge in [0.2, 0.25) is 5.69 Å². The normalized spacial score (nSPS) is 27.0. The van der Waals surface area contributed by atoms with Gasteiger partial charge in [0, 0.05) is 18.6 Å². The summed E-state index contributed by atoms with van der Waals surface area (Å²) in [6, 6.07) is -0.119. The molecule has 116 valence electrons. The minimum absolute atomic E-state index is 0.119. The van der Waals surface area contributed by atoms with E-state index in [4.69, 9.17) is 4.74 Å². The van der Waals surface area contributed by atoms with Gasteiger partial charge in [0.05, 0.1) is 10.5 Å². The number of hydrogen-bond acceptors (Lipinski definition) is 5. The minimum Gasteiger partial charge on any atom is -0.378 e. The number of aromatic nitrogens is 2. The van der Waals surface area contributed by atoms with Crippen LogP contribution in [-0.2, 0) is 4.74 Å². The zero-order valence-electron chi connectivity index (χ0n) is 12.8. The molecule has 2 atom stereocenters. The topological polar surface area (TPSA) is 110 Å². The summed E-state index contributed by atoms with van der Waals surface area (Å²) >= 11 is 0. The van der Waals surface area contributed by atoms with Crippen LogP contribution in [0.4, 0.5) is 5.69 Å². The van der Waals surface area contributed by atoms with Gasteiger partial charge in [-0.1, -0.05) is 13.8 Å². The highest BCUT2D eigenvalue weighted by molar-refractivity contribution is 5.96. The molecule has 1 aromatic heterocycles. The SMILES string of the molecule is CO[C@]1(C)C[C@H](NC(=O)c2n[nH]c(C)c2[N+](=O)[O-])C1(C)C. The molecule has 2 N–H and O–H groups in total. The van der Waals surface area contributed by atoms with Gasteiger partial charge in [-0.15, -0.1) is 0 Å². The second-order valence-electron chi connectivity index (χ2n) is 6.19. The van der Waals surface area contributed by atoms with E-state index in [0.29, 0.717) is 6.42 Å². The second kappa shape index (κ2) is 4.80. The van der Waals surface area contributed by atoms with Gasteiger partial charge in [-0.2, -0.15) is 5.10 Å². The highest BCUT2D eigenvalue weighted by Gasteiger charge is 2.58. The summed E-state index contributed by atoms with van der Waals surface area (Å²) in [5.74, 6) is -0.540. The fraction of sp³-hybridized carbons (Fsp3) is 0.692. The molecule has 1 saturated carbocycles. The highest BCUT2D eigenvalue weighted by atomic mass is 16.6. The first-order chi connectivity index (χ1) is 9.64. The average molecular weight is 296 g/mol. The van der Waals surface area contributed by atoms with Gasteiger partial charge in [-0.3, -0.25) is 20.0 Å². The molecular weight excluding hydrogens is 276 g/mol. The number of H-pyrrole nitrogens is 1. The van der Waals surface area contributed by atoms with Crippen LogP contribution in [0, 0.1) is 22.5 Å². The lowest BCUT2D eigenvalue weighted by Gasteiger charge is -2.59. The molecule has 0 aliphatic heterocycles. The summed E-state index contributed by atoms with van der Waals surface area (Å²) < 4.78 is 5.49. The van der Waals surface area contributed by atoms with Gasteiger partial charge in [0.25, 0.3) is 5.91 Å². The molecule has 0 radical (unpaired) electrons. The molecule has 1 fully saturated rings. The van der Waals surface area contributed by atoms with E-state index in [1.807, 2.05) is 20.8 Å². The maximum atomic E-state index is 12.2. The predicted octanol–water partition coefficient (Wildman–Crippen LogP) is 1.56. The molecule has 0 saturated heterocycles. The van der Waals surface area contributed by atoms with Crippen LogP contribution in [-0.4, -0.2) is 39.8 Å². The molecule has 1 aliphatic carbocycles. The summed E-state index contributed by atoms with van der Waals surface area (Å²) in [5, 5.41) is 20.0. The fourth-order valence-corrected chi connectivity index (χ4v) is 2.75. The number of aromatic amines is 1. The molecule has 8 nitrogen and oxygen atoms in total. The number of hydrogen-bond donors (Lipinski definition) is 2. The van der Waals surface area contributed by atoms with Crippen molar-refractivity contribution in [2.24, 2.45) is 5.41 Å². The van der Waals surface area contributed by atoms with Crippen molar-refractivity contribution < 1.29 is 14.5 Å². The van der Waals surface area contributed by atoms with Crippen molar-refractivity contribution in [3.05, 3.63) is 21.5 Å². The maximum absolute atomic E-state index is 12.2. The first-order valence-electron chi connectivity index (χ1n) is 6.69. The molecular formula is C13H20N4O4. The van der Waals surface area contributed by atoms with Crippen LogP contribution >= 0.6 is 0 Å². The lowest BCUT2D eigenvalue weighted by molar-refractivity contribution is -0.385. The summed E-state index contributed by atoms with van der Waals surface area (Å²) in [5.41, 5.74) is -0.783. The predicted molar refractivity (Wildman–Crippen MR) is 75.0 cm³/mol. The third-order valence-corrected chi connectivity index (χ3v) is 4.90. The minimum atomic E-state index is -0.598. The number of nitrogens with zero attached hydrogens (tertiary/aromatic N) is 2. The Morgan fingerprint density at radius 1 is 1.52 bits per heavy atom. The molecule has 1 amide bonds. The van der Waals surface area contributed by atoms with E-state index in [1.54, 1.807) is 7.11 Å². The third kappa shape index (κ3) is 2.19. The van der Waals surface area contributed by atoms with Crippen LogP contribution < -0.4 is 5.32 Å². The van der Waals surface area contributed by atoms with Crippen LogP contribution in [0.25, 0.3) is 0 Å². The zero-order chi connectivity index (χ0) is 16.0. The van der Waals surface area contributed by atoms with Crippen LogP contribution in [0.15, 0.2) is 0 Å². The van der Waals surface area contributed by atoms with Crippen molar-refractivity contribution in [1.82, 2.24) is 15.5 Å². The van der Waals surface area contributed by atoms with Gasteiger partial charge in [0.15, 0.2) is 0 Å². The number of carbonyl (C=O) groups is 1. The maximum Gasteiger partial charge on any atom is 0.322 e. The zero-order valence-corrected chi connectivity index (χ0v) is 12.8. The van der Waals surface area contributed by atoms with Crippen LogP contribution in [0.2, 0.25) is 0 Å². The number of methoxy groups -OCH3 is 1. The molecule has 1 heterocycles. The molecule has 1 aromatic rings. The summed E-state index contributed by atoms with van der Waals surface area (Å²) in [6.45, 7) is 7.48. The van der Waals surface area contributed by atoms with Gasteiger partial charge in [-0.25, -0.2) is 0 Å². The van der Waals surface area contributed by atoms with E-state index in [-0.39, 0.29) is 34.1 Å². The van der Waals surface area contributed by atoms with Crippen molar-refractivity contribution in [2.45, 2.75) is 45.8 Å². The molecule has 0 unspecified atom stereocenters. The largest absolute Gasteiger partial charge is 0.378 e. The van der Waals surface area contributed by atoms with Gasteiger partial charge in [0.1, 0.15) is 5.69 Å². The molecule has 8 heteroatoms. The lowest BCUT2D eigenvalue weighted by Crippen LogP contribution is -2.68. The molecule has 1 aliphatic rings. The smallest absolute Gasteiger partial charge is 0.322 e. The standard InChI is InChI=1S/C13H20N4O4/c1-7-10(17(19)20)9(16-15-7)11(18)14-8-6-13(4,21-5)12(8,2)3/h8H,6H2,1-5H3,(H,14,18)(H,15,16)/t8-,13+/m0/s1. The summed E-state index contributed by atoms with van der Waals surface area (Å²) in [7, 11) is 1.64. The Hall–Kier alpha value is -1.96. The number of nitrogens with one attached hydrogen (secondary N) is 2. The number of carbonyl (C=O) groups excluding carboxylic acids is 1. The Balaban J connectivity index is 2.16. The molecule has 0 spiro atoms. The third-order valence-electron chi connectivity index (χ3n) is 4.90. The number of aryl methyl sites for hydroxylation is 1. The molecule has 0 bridgehead atoms. The van der Waals surface area contributed by atoms with Gasteiger partial charge >= 0.3 is 5.69 Å². The Labute approximate surface area is 122 Å². The highest BCUT2D eigenvalue weighted by Crippen LogP contribution is 2.51. The van der Waals surface area contributed by atoms with E-state index >= 15 is 0 Å². The van der Waals surface area contributed by atoms with E-state index in [1.165, 1.54) is 6.92 Å². The van der Waals surface area contributed by atoms with Crippen molar-refractivity contribution in [3.63, 3.8) is 0 Å². The van der Waals surface area contributed by atoms with Crippen molar-refractivity contribution in [3.8, 4) is 0 Å². The summed E-state index contributed by atoms with van der Waals surface area (Å²) in [6.07, 6.45) is 0.652. The Kier molecular flexibility index (Phi) is 3.53. The van der Waals surface area contributed by atoms with Crippen LogP contribution in [0.1, 0.15) is 43.4 Å². The molecule has 21 heavy (non-hydrogen) atoms. The van der Waals surface area contributed by atoms with Crippen LogP contribution in [0.3, 0.4) is 0 Å².